The monoisotopic (exact) mass is 251 g/mol. The molecule has 1 N–H and O–H groups in total. The Balaban J connectivity index is 2.16. The lowest BCUT2D eigenvalue weighted by molar-refractivity contribution is 0.347. The lowest BCUT2D eigenvalue weighted by Crippen LogP contribution is -2.33. The van der Waals surface area contributed by atoms with Gasteiger partial charge in [-0.1, -0.05) is 6.92 Å². The highest BCUT2D eigenvalue weighted by molar-refractivity contribution is 5.81. The van der Waals surface area contributed by atoms with Crippen LogP contribution in [0.2, 0.25) is 0 Å². The number of hydrogen-bond acceptors (Lipinski definition) is 2. The number of piperidine rings is 1. The largest absolute Gasteiger partial charge is 0.464 e. The van der Waals surface area contributed by atoms with Gasteiger partial charge in [-0.25, -0.2) is 8.78 Å². The molecular weight excluding hydrogens is 236 g/mol. The molecule has 4 heteroatoms. The molecule has 1 aromatic heterocycles. The normalized spacial score (nSPS) is 24.6. The Morgan fingerprint density at radius 1 is 1.39 bits per heavy atom. The lowest BCUT2D eigenvalue weighted by atomic mass is 9.81. The second-order valence-corrected chi connectivity index (χ2v) is 5.00. The average molecular weight is 251 g/mol. The van der Waals surface area contributed by atoms with Crippen molar-refractivity contribution < 1.29 is 13.2 Å². The van der Waals surface area contributed by atoms with Crippen molar-refractivity contribution in [1.29, 1.82) is 0 Å². The molecular formula is C14H15F2NO. The van der Waals surface area contributed by atoms with Gasteiger partial charge in [0, 0.05) is 5.56 Å². The SMILES string of the molecule is C[C@@H]1CNCC[C@H]1c1cc(F)c(F)c2ccoc12. The summed E-state index contributed by atoms with van der Waals surface area (Å²) in [5, 5.41) is 3.55. The van der Waals surface area contributed by atoms with Gasteiger partial charge in [0.2, 0.25) is 0 Å². The third kappa shape index (κ3) is 1.72. The van der Waals surface area contributed by atoms with E-state index >= 15 is 0 Å². The van der Waals surface area contributed by atoms with E-state index in [1.165, 1.54) is 18.4 Å². The van der Waals surface area contributed by atoms with Gasteiger partial charge in [0.15, 0.2) is 11.6 Å². The molecule has 1 saturated heterocycles. The van der Waals surface area contributed by atoms with Crippen molar-refractivity contribution in [3.8, 4) is 0 Å². The first kappa shape index (κ1) is 11.7. The van der Waals surface area contributed by atoms with Gasteiger partial charge in [0.25, 0.3) is 0 Å². The van der Waals surface area contributed by atoms with Crippen molar-refractivity contribution >= 4 is 11.0 Å². The molecule has 0 radical (unpaired) electrons. The van der Waals surface area contributed by atoms with Crippen LogP contribution in [-0.2, 0) is 0 Å². The maximum absolute atomic E-state index is 13.6. The summed E-state index contributed by atoms with van der Waals surface area (Å²) in [6, 6.07) is 2.79. The van der Waals surface area contributed by atoms with E-state index in [4.69, 9.17) is 4.42 Å². The zero-order valence-electron chi connectivity index (χ0n) is 10.2. The molecule has 2 nitrogen and oxygen atoms in total. The molecule has 0 unspecified atom stereocenters. The summed E-state index contributed by atoms with van der Waals surface area (Å²) < 4.78 is 32.6. The highest BCUT2D eigenvalue weighted by Gasteiger charge is 2.27. The quantitative estimate of drug-likeness (QED) is 0.840. The Morgan fingerprint density at radius 3 is 3.00 bits per heavy atom. The van der Waals surface area contributed by atoms with Crippen LogP contribution in [0.1, 0.15) is 24.8 Å². The standard InChI is InChI=1S/C14H15F2NO/c1-8-7-17-4-2-9(8)11-6-12(15)13(16)10-3-5-18-14(10)11/h3,5-6,8-9,17H,2,4,7H2,1H3/t8-,9-/m1/s1. The fourth-order valence-corrected chi connectivity index (χ4v) is 2.85. The minimum atomic E-state index is -0.816. The van der Waals surface area contributed by atoms with Gasteiger partial charge in [-0.05, 0) is 43.5 Å². The highest BCUT2D eigenvalue weighted by atomic mass is 19.2. The molecule has 0 spiro atoms. The summed E-state index contributed by atoms with van der Waals surface area (Å²) in [5.74, 6) is -0.999. The molecule has 3 rings (SSSR count). The molecule has 1 fully saturated rings. The van der Waals surface area contributed by atoms with E-state index in [9.17, 15) is 8.78 Å². The second kappa shape index (κ2) is 4.35. The van der Waals surface area contributed by atoms with Gasteiger partial charge < -0.3 is 9.73 Å². The van der Waals surface area contributed by atoms with Crippen molar-refractivity contribution in [2.75, 3.05) is 13.1 Å². The van der Waals surface area contributed by atoms with E-state index in [2.05, 4.69) is 12.2 Å². The van der Waals surface area contributed by atoms with Crippen LogP contribution in [-0.4, -0.2) is 13.1 Å². The number of furan rings is 1. The number of benzene rings is 1. The van der Waals surface area contributed by atoms with Gasteiger partial charge in [-0.15, -0.1) is 0 Å². The summed E-state index contributed by atoms with van der Waals surface area (Å²) in [5.41, 5.74) is 1.29. The third-order valence-corrected chi connectivity index (χ3v) is 3.84. The van der Waals surface area contributed by atoms with Gasteiger partial charge in [-0.2, -0.15) is 0 Å². The summed E-state index contributed by atoms with van der Waals surface area (Å²) in [6.07, 6.45) is 2.34. The molecule has 18 heavy (non-hydrogen) atoms. The van der Waals surface area contributed by atoms with Crippen LogP contribution in [0.4, 0.5) is 8.78 Å². The summed E-state index contributed by atoms with van der Waals surface area (Å²) in [6.45, 7) is 3.91. The minimum absolute atomic E-state index is 0.218. The number of hydrogen-bond donors (Lipinski definition) is 1. The van der Waals surface area contributed by atoms with Crippen molar-refractivity contribution in [2.45, 2.75) is 19.3 Å². The lowest BCUT2D eigenvalue weighted by Gasteiger charge is -2.29. The maximum Gasteiger partial charge on any atom is 0.169 e. The molecule has 2 atom stereocenters. The van der Waals surface area contributed by atoms with Crippen LogP contribution in [0.3, 0.4) is 0 Å². The third-order valence-electron chi connectivity index (χ3n) is 3.84. The molecule has 0 bridgehead atoms. The van der Waals surface area contributed by atoms with Crippen molar-refractivity contribution in [2.24, 2.45) is 5.92 Å². The molecule has 1 aromatic carbocycles. The first-order valence-electron chi connectivity index (χ1n) is 6.24. The molecule has 96 valence electrons. The van der Waals surface area contributed by atoms with Crippen molar-refractivity contribution in [3.05, 3.63) is 35.6 Å². The highest BCUT2D eigenvalue weighted by Crippen LogP contribution is 2.36. The Kier molecular flexibility index (Phi) is 2.82. The number of halogens is 2. The van der Waals surface area contributed by atoms with E-state index in [0.717, 1.165) is 25.1 Å². The van der Waals surface area contributed by atoms with Gasteiger partial charge in [-0.3, -0.25) is 0 Å². The predicted octanol–water partition coefficient (Wildman–Crippen LogP) is 3.42. The van der Waals surface area contributed by atoms with Gasteiger partial charge in [0.1, 0.15) is 5.58 Å². The van der Waals surface area contributed by atoms with Crippen LogP contribution < -0.4 is 5.32 Å². The Hall–Kier alpha value is -1.42. The maximum atomic E-state index is 13.6. The van der Waals surface area contributed by atoms with E-state index in [0.29, 0.717) is 11.5 Å². The number of nitrogens with one attached hydrogen (secondary N) is 1. The van der Waals surface area contributed by atoms with E-state index in [1.807, 2.05) is 0 Å². The van der Waals surface area contributed by atoms with Crippen LogP contribution >= 0.6 is 0 Å². The summed E-state index contributed by atoms with van der Waals surface area (Å²) >= 11 is 0. The van der Waals surface area contributed by atoms with Gasteiger partial charge in [0.05, 0.1) is 11.6 Å². The predicted molar refractivity (Wildman–Crippen MR) is 65.5 cm³/mol. The summed E-state index contributed by atoms with van der Waals surface area (Å²) in [7, 11) is 0. The molecule has 0 amide bonds. The van der Waals surface area contributed by atoms with Gasteiger partial charge >= 0.3 is 0 Å². The Labute approximate surface area is 104 Å². The average Bonchev–Trinajstić information content (AvgIpc) is 2.84. The van der Waals surface area contributed by atoms with E-state index < -0.39 is 11.6 Å². The molecule has 0 aliphatic carbocycles. The fraction of sp³-hybridized carbons (Fsp3) is 0.429. The molecule has 0 saturated carbocycles. The smallest absolute Gasteiger partial charge is 0.169 e. The van der Waals surface area contributed by atoms with E-state index in [-0.39, 0.29) is 11.3 Å². The molecule has 2 aromatic rings. The minimum Gasteiger partial charge on any atom is -0.464 e. The Morgan fingerprint density at radius 2 is 2.22 bits per heavy atom. The first-order valence-corrected chi connectivity index (χ1v) is 6.24. The Bertz CT molecular complexity index is 578. The van der Waals surface area contributed by atoms with Crippen LogP contribution in [0, 0.1) is 17.6 Å². The number of rotatable bonds is 1. The van der Waals surface area contributed by atoms with Crippen LogP contribution in [0.25, 0.3) is 11.0 Å². The molecule has 1 aliphatic rings. The molecule has 2 heterocycles. The zero-order valence-corrected chi connectivity index (χ0v) is 10.2. The molecule has 1 aliphatic heterocycles. The first-order chi connectivity index (χ1) is 8.68. The van der Waals surface area contributed by atoms with Crippen LogP contribution in [0.5, 0.6) is 0 Å². The second-order valence-electron chi connectivity index (χ2n) is 5.00. The van der Waals surface area contributed by atoms with Crippen molar-refractivity contribution in [3.63, 3.8) is 0 Å². The fourth-order valence-electron chi connectivity index (χ4n) is 2.85. The van der Waals surface area contributed by atoms with Crippen molar-refractivity contribution in [1.82, 2.24) is 5.32 Å². The van der Waals surface area contributed by atoms with Crippen LogP contribution in [0.15, 0.2) is 22.8 Å². The number of fused-ring (bicyclic) bond motifs is 1. The topological polar surface area (TPSA) is 25.2 Å². The summed E-state index contributed by atoms with van der Waals surface area (Å²) in [4.78, 5) is 0. The zero-order chi connectivity index (χ0) is 12.7. The van der Waals surface area contributed by atoms with E-state index in [1.54, 1.807) is 0 Å².